The summed E-state index contributed by atoms with van der Waals surface area (Å²) < 4.78 is 27.5. The molecule has 0 radical (unpaired) electrons. The summed E-state index contributed by atoms with van der Waals surface area (Å²) in [6, 6.07) is 5.12. The lowest BCUT2D eigenvalue weighted by atomic mass is 10.2. The van der Waals surface area contributed by atoms with E-state index < -0.39 is 11.6 Å². The van der Waals surface area contributed by atoms with Gasteiger partial charge in [-0.1, -0.05) is 23.2 Å². The number of nitrogens with one attached hydrogen (secondary N) is 1. The Balaban J connectivity index is 2.49. The maximum absolute atomic E-state index is 13.9. The van der Waals surface area contributed by atoms with Crippen molar-refractivity contribution >= 4 is 46.0 Å². The predicted molar refractivity (Wildman–Crippen MR) is 74.9 cm³/mol. The Morgan fingerprint density at radius 3 is 2.37 bits per heavy atom. The van der Waals surface area contributed by atoms with E-state index in [1.807, 2.05) is 0 Å². The van der Waals surface area contributed by atoms with Gasteiger partial charge >= 0.3 is 0 Å². The van der Waals surface area contributed by atoms with Crippen molar-refractivity contribution in [3.63, 3.8) is 0 Å². The molecule has 0 aliphatic rings. The van der Waals surface area contributed by atoms with E-state index >= 15 is 0 Å². The summed E-state index contributed by atoms with van der Waals surface area (Å²) in [7, 11) is 0. The van der Waals surface area contributed by atoms with Crippen molar-refractivity contribution < 1.29 is 8.78 Å². The highest BCUT2D eigenvalue weighted by Crippen LogP contribution is 2.36. The molecule has 0 saturated heterocycles. The zero-order valence-corrected chi connectivity index (χ0v) is 11.0. The summed E-state index contributed by atoms with van der Waals surface area (Å²) in [5.41, 5.74) is 10.9. The average Bonchev–Trinajstić information content (AvgIpc) is 2.36. The van der Waals surface area contributed by atoms with Gasteiger partial charge in [0.2, 0.25) is 0 Å². The molecule has 100 valence electrons. The predicted octanol–water partition coefficient (Wildman–Crippen LogP) is 4.18. The van der Waals surface area contributed by atoms with Crippen LogP contribution in [-0.2, 0) is 0 Å². The molecule has 2 aromatic carbocycles. The minimum absolute atomic E-state index is 0.00813. The monoisotopic (exact) mass is 303 g/mol. The van der Waals surface area contributed by atoms with Crippen LogP contribution in [-0.4, -0.2) is 0 Å². The molecule has 0 unspecified atom stereocenters. The lowest BCUT2D eigenvalue weighted by molar-refractivity contribution is 0.626. The van der Waals surface area contributed by atoms with Crippen LogP contribution in [0.25, 0.3) is 0 Å². The first-order valence-corrected chi connectivity index (χ1v) is 5.90. The third-order valence-corrected chi connectivity index (χ3v) is 3.07. The summed E-state index contributed by atoms with van der Waals surface area (Å²) in [6.45, 7) is 0. The number of halogens is 4. The maximum Gasteiger partial charge on any atom is 0.169 e. The van der Waals surface area contributed by atoms with E-state index in [4.69, 9.17) is 34.7 Å². The second-order valence-corrected chi connectivity index (χ2v) is 4.62. The van der Waals surface area contributed by atoms with Crippen LogP contribution >= 0.6 is 23.2 Å². The van der Waals surface area contributed by atoms with Gasteiger partial charge in [-0.15, -0.1) is 0 Å². The molecule has 0 bridgehead atoms. The van der Waals surface area contributed by atoms with Crippen LogP contribution in [0.3, 0.4) is 0 Å². The fraction of sp³-hybridized carbons (Fsp3) is 0. The molecule has 0 atom stereocenters. The summed E-state index contributed by atoms with van der Waals surface area (Å²) in [6.07, 6.45) is 0. The van der Waals surface area contributed by atoms with E-state index in [-0.39, 0.29) is 27.8 Å². The number of rotatable bonds is 2. The van der Waals surface area contributed by atoms with Crippen molar-refractivity contribution in [3.05, 3.63) is 45.9 Å². The second-order valence-electron chi connectivity index (χ2n) is 3.81. The number of anilines is 4. The first-order chi connectivity index (χ1) is 8.90. The zero-order chi connectivity index (χ0) is 14.2. The highest BCUT2D eigenvalue weighted by atomic mass is 35.5. The van der Waals surface area contributed by atoms with Gasteiger partial charge in [0.15, 0.2) is 5.82 Å². The fourth-order valence-electron chi connectivity index (χ4n) is 1.52. The molecule has 0 amide bonds. The van der Waals surface area contributed by atoms with E-state index in [0.29, 0.717) is 5.02 Å². The smallest absolute Gasteiger partial charge is 0.169 e. The quantitative estimate of drug-likeness (QED) is 0.729. The first-order valence-electron chi connectivity index (χ1n) is 5.15. The Kier molecular flexibility index (Phi) is 3.68. The lowest BCUT2D eigenvalue weighted by Crippen LogP contribution is -2.03. The molecule has 3 nitrogen and oxygen atoms in total. The molecule has 0 aliphatic carbocycles. The second kappa shape index (κ2) is 5.11. The number of hydrogen-bond acceptors (Lipinski definition) is 3. The minimum Gasteiger partial charge on any atom is -0.397 e. The van der Waals surface area contributed by atoms with E-state index in [9.17, 15) is 8.78 Å². The molecule has 0 spiro atoms. The van der Waals surface area contributed by atoms with Gasteiger partial charge in [-0.3, -0.25) is 0 Å². The summed E-state index contributed by atoms with van der Waals surface area (Å²) in [5.74, 6) is -1.45. The van der Waals surface area contributed by atoms with Gasteiger partial charge in [0, 0.05) is 5.02 Å². The standard InChI is InChI=1S/C12H9Cl2F2N3/c13-5-1-2-6(15)9(3-5)19-12-8(18)4-7(17)10(14)11(12)16/h1-4,19H,17-18H2. The van der Waals surface area contributed by atoms with Gasteiger partial charge in [0.1, 0.15) is 10.8 Å². The van der Waals surface area contributed by atoms with Crippen LogP contribution < -0.4 is 16.8 Å². The number of hydrogen-bond donors (Lipinski definition) is 3. The highest BCUT2D eigenvalue weighted by molar-refractivity contribution is 6.33. The average molecular weight is 304 g/mol. The van der Waals surface area contributed by atoms with Gasteiger partial charge in [0.25, 0.3) is 0 Å². The molecule has 19 heavy (non-hydrogen) atoms. The lowest BCUT2D eigenvalue weighted by Gasteiger charge is -2.13. The largest absolute Gasteiger partial charge is 0.397 e. The number of nitrogen functional groups attached to an aromatic ring is 2. The molecule has 7 heteroatoms. The van der Waals surface area contributed by atoms with Crippen molar-refractivity contribution in [2.24, 2.45) is 0 Å². The van der Waals surface area contributed by atoms with Crippen molar-refractivity contribution in [1.82, 2.24) is 0 Å². The van der Waals surface area contributed by atoms with Gasteiger partial charge in [-0.05, 0) is 24.3 Å². The highest BCUT2D eigenvalue weighted by Gasteiger charge is 2.15. The van der Waals surface area contributed by atoms with Crippen LogP contribution in [0.15, 0.2) is 24.3 Å². The number of nitrogens with two attached hydrogens (primary N) is 2. The molecule has 0 heterocycles. The topological polar surface area (TPSA) is 64.1 Å². The van der Waals surface area contributed by atoms with E-state index in [1.165, 1.54) is 18.2 Å². The van der Waals surface area contributed by atoms with Crippen molar-refractivity contribution in [2.45, 2.75) is 0 Å². The van der Waals surface area contributed by atoms with Crippen molar-refractivity contribution in [1.29, 1.82) is 0 Å². The molecule has 0 aromatic heterocycles. The molecule has 2 aromatic rings. The van der Waals surface area contributed by atoms with E-state index in [2.05, 4.69) is 5.32 Å². The Labute approximate surface area is 118 Å². The maximum atomic E-state index is 13.9. The Morgan fingerprint density at radius 2 is 1.68 bits per heavy atom. The summed E-state index contributed by atoms with van der Waals surface area (Å²) >= 11 is 11.4. The SMILES string of the molecule is Nc1cc(N)c(Nc2cc(Cl)ccc2F)c(F)c1Cl. The normalized spacial score (nSPS) is 10.5. The van der Waals surface area contributed by atoms with E-state index in [0.717, 1.165) is 6.07 Å². The molecule has 2 rings (SSSR count). The first kappa shape index (κ1) is 13.7. The summed E-state index contributed by atoms with van der Waals surface area (Å²) in [4.78, 5) is 0. The molecular weight excluding hydrogens is 295 g/mol. The van der Waals surface area contributed by atoms with Crippen LogP contribution in [0.5, 0.6) is 0 Å². The Hall–Kier alpha value is -1.72. The third-order valence-electron chi connectivity index (χ3n) is 2.45. The molecule has 0 saturated carbocycles. The summed E-state index contributed by atoms with van der Waals surface area (Å²) in [5, 5.41) is 2.54. The van der Waals surface area contributed by atoms with Crippen LogP contribution in [0, 0.1) is 11.6 Å². The van der Waals surface area contributed by atoms with Crippen molar-refractivity contribution in [2.75, 3.05) is 16.8 Å². The Morgan fingerprint density at radius 1 is 1.00 bits per heavy atom. The van der Waals surface area contributed by atoms with Crippen LogP contribution in [0.2, 0.25) is 10.0 Å². The third kappa shape index (κ3) is 2.67. The molecule has 0 aliphatic heterocycles. The van der Waals surface area contributed by atoms with Crippen LogP contribution in [0.4, 0.5) is 31.5 Å². The Bertz CT molecular complexity index is 647. The van der Waals surface area contributed by atoms with Gasteiger partial charge in [-0.2, -0.15) is 0 Å². The number of benzene rings is 2. The van der Waals surface area contributed by atoms with Crippen molar-refractivity contribution in [3.8, 4) is 0 Å². The zero-order valence-electron chi connectivity index (χ0n) is 9.48. The van der Waals surface area contributed by atoms with E-state index in [1.54, 1.807) is 0 Å². The fourth-order valence-corrected chi connectivity index (χ4v) is 1.84. The van der Waals surface area contributed by atoms with Gasteiger partial charge in [0.05, 0.1) is 22.7 Å². The minimum atomic E-state index is -0.849. The molecule has 5 N–H and O–H groups in total. The van der Waals surface area contributed by atoms with Gasteiger partial charge < -0.3 is 16.8 Å². The molecular formula is C12H9Cl2F2N3. The van der Waals surface area contributed by atoms with Gasteiger partial charge in [-0.25, -0.2) is 8.78 Å². The van der Waals surface area contributed by atoms with Crippen LogP contribution in [0.1, 0.15) is 0 Å². The molecule has 0 fully saturated rings.